The lowest BCUT2D eigenvalue weighted by Crippen LogP contribution is -2.16. The van der Waals surface area contributed by atoms with Crippen LogP contribution in [-0.4, -0.2) is 28.7 Å². The molecule has 1 saturated carbocycles. The zero-order chi connectivity index (χ0) is 15.0. The van der Waals surface area contributed by atoms with Crippen molar-refractivity contribution in [3.8, 4) is 11.5 Å². The van der Waals surface area contributed by atoms with E-state index in [1.54, 1.807) is 6.20 Å². The van der Waals surface area contributed by atoms with Gasteiger partial charge in [-0.15, -0.1) is 5.54 Å². The maximum absolute atomic E-state index is 11.1. The third-order valence-corrected chi connectivity index (χ3v) is 4.33. The molecule has 1 aliphatic carbocycles. The minimum atomic E-state index is -1.45. The Kier molecular flexibility index (Phi) is 3.42. The molecule has 0 bridgehead atoms. The summed E-state index contributed by atoms with van der Waals surface area (Å²) in [5.41, 5.74) is 6.39. The quantitative estimate of drug-likeness (QED) is 0.497. The first-order valence-corrected chi connectivity index (χ1v) is 10.8. The number of rotatable bonds is 3. The molecule has 3 rings (SSSR count). The molecule has 0 spiro atoms. The lowest BCUT2D eigenvalue weighted by molar-refractivity contribution is 0.111. The largest absolute Gasteiger partial charge is 0.296 e. The van der Waals surface area contributed by atoms with E-state index in [1.807, 2.05) is 10.6 Å². The van der Waals surface area contributed by atoms with E-state index < -0.39 is 8.07 Å². The summed E-state index contributed by atoms with van der Waals surface area (Å²) in [6, 6.07) is 0. The summed E-state index contributed by atoms with van der Waals surface area (Å²) in [5, 5.41) is 0. The summed E-state index contributed by atoms with van der Waals surface area (Å²) < 4.78 is 1.83. The first-order chi connectivity index (χ1) is 9.96. The predicted molar refractivity (Wildman–Crippen MR) is 85.0 cm³/mol. The number of aldehydes is 1. The van der Waals surface area contributed by atoms with Crippen molar-refractivity contribution in [3.63, 3.8) is 0 Å². The molecule has 0 atom stereocenters. The maximum Gasteiger partial charge on any atom is 0.168 e. The zero-order valence-electron chi connectivity index (χ0n) is 12.7. The Morgan fingerprint density at radius 3 is 2.81 bits per heavy atom. The van der Waals surface area contributed by atoms with Crippen molar-refractivity contribution in [2.45, 2.75) is 38.9 Å². The SMILES string of the molecule is C[Si](C)(C)C#Cc1cn2c(C=O)cnc2c(CC2CC2)n1. The van der Waals surface area contributed by atoms with E-state index in [0.29, 0.717) is 5.69 Å². The molecule has 0 saturated heterocycles. The van der Waals surface area contributed by atoms with E-state index >= 15 is 0 Å². The van der Waals surface area contributed by atoms with Crippen LogP contribution in [0, 0.1) is 17.4 Å². The molecule has 1 aliphatic rings. The Hall–Kier alpha value is -1.93. The second-order valence-corrected chi connectivity index (χ2v) is 11.5. The van der Waals surface area contributed by atoms with Crippen LogP contribution < -0.4 is 0 Å². The van der Waals surface area contributed by atoms with Gasteiger partial charge in [0.15, 0.2) is 11.9 Å². The third-order valence-electron chi connectivity index (χ3n) is 3.46. The van der Waals surface area contributed by atoms with Gasteiger partial charge in [-0.2, -0.15) is 0 Å². The minimum Gasteiger partial charge on any atom is -0.296 e. The Balaban J connectivity index is 2.11. The van der Waals surface area contributed by atoms with Crippen LogP contribution in [0.3, 0.4) is 0 Å². The molecule has 21 heavy (non-hydrogen) atoms. The molecule has 2 aromatic rings. The smallest absolute Gasteiger partial charge is 0.168 e. The topological polar surface area (TPSA) is 47.3 Å². The molecule has 0 aromatic carbocycles. The van der Waals surface area contributed by atoms with Crippen molar-refractivity contribution < 1.29 is 4.79 Å². The normalized spacial score (nSPS) is 14.8. The number of nitrogens with zero attached hydrogens (tertiary/aromatic N) is 3. The summed E-state index contributed by atoms with van der Waals surface area (Å²) in [5.74, 6) is 3.91. The monoisotopic (exact) mass is 297 g/mol. The molecule has 0 amide bonds. The van der Waals surface area contributed by atoms with E-state index in [2.05, 4.69) is 41.1 Å². The number of fused-ring (bicyclic) bond motifs is 1. The van der Waals surface area contributed by atoms with Crippen molar-refractivity contribution in [2.24, 2.45) is 5.92 Å². The molecule has 4 nitrogen and oxygen atoms in total. The highest BCUT2D eigenvalue weighted by Gasteiger charge is 2.24. The standard InChI is InChI=1S/C16H19N3OSi/c1-21(2,3)7-6-13-10-19-14(11-20)9-17-16(19)15(18-13)8-12-4-5-12/h9-12H,4-5,8H2,1-3H3. The molecular weight excluding hydrogens is 278 g/mol. The van der Waals surface area contributed by atoms with Gasteiger partial charge in [0.05, 0.1) is 11.9 Å². The van der Waals surface area contributed by atoms with Crippen LogP contribution in [0.25, 0.3) is 5.65 Å². The van der Waals surface area contributed by atoms with Crippen molar-refractivity contribution in [3.05, 3.63) is 29.5 Å². The summed E-state index contributed by atoms with van der Waals surface area (Å²) in [6.45, 7) is 6.62. The van der Waals surface area contributed by atoms with E-state index in [0.717, 1.165) is 35.7 Å². The van der Waals surface area contributed by atoms with Gasteiger partial charge in [-0.05, 0) is 25.2 Å². The lowest BCUT2D eigenvalue weighted by Gasteiger charge is -2.06. The number of imidazole rings is 1. The molecule has 2 aromatic heterocycles. The van der Waals surface area contributed by atoms with E-state index in [-0.39, 0.29) is 0 Å². The number of aromatic nitrogens is 3. The van der Waals surface area contributed by atoms with Crippen LogP contribution in [0.1, 0.15) is 34.7 Å². The summed E-state index contributed by atoms with van der Waals surface area (Å²) in [7, 11) is -1.45. The van der Waals surface area contributed by atoms with Crippen molar-refractivity contribution in [1.29, 1.82) is 0 Å². The third kappa shape index (κ3) is 3.22. The van der Waals surface area contributed by atoms with Crippen LogP contribution >= 0.6 is 0 Å². The molecule has 108 valence electrons. The number of hydrogen-bond donors (Lipinski definition) is 0. The number of hydrogen-bond acceptors (Lipinski definition) is 3. The highest BCUT2D eigenvalue weighted by molar-refractivity contribution is 6.83. The van der Waals surface area contributed by atoms with Gasteiger partial charge >= 0.3 is 0 Å². The van der Waals surface area contributed by atoms with Gasteiger partial charge in [-0.3, -0.25) is 9.20 Å². The molecule has 2 heterocycles. The molecule has 0 unspecified atom stereocenters. The molecule has 1 fully saturated rings. The van der Waals surface area contributed by atoms with Crippen LogP contribution in [0.15, 0.2) is 12.4 Å². The Bertz CT molecular complexity index is 757. The highest BCUT2D eigenvalue weighted by Crippen LogP contribution is 2.33. The molecular formula is C16H19N3OSi. The fourth-order valence-corrected chi connectivity index (χ4v) is 2.70. The summed E-state index contributed by atoms with van der Waals surface area (Å²) >= 11 is 0. The average Bonchev–Trinajstić information content (AvgIpc) is 3.13. The van der Waals surface area contributed by atoms with Crippen LogP contribution in [0.2, 0.25) is 19.6 Å². The van der Waals surface area contributed by atoms with E-state index in [1.165, 1.54) is 12.8 Å². The number of carbonyl (C=O) groups is 1. The van der Waals surface area contributed by atoms with Crippen molar-refractivity contribution in [2.75, 3.05) is 0 Å². The average molecular weight is 297 g/mol. The fraction of sp³-hybridized carbons (Fsp3) is 0.438. The molecule has 5 heteroatoms. The van der Waals surface area contributed by atoms with Crippen molar-refractivity contribution >= 4 is 20.0 Å². The van der Waals surface area contributed by atoms with Crippen LogP contribution in [-0.2, 0) is 6.42 Å². The Morgan fingerprint density at radius 1 is 1.43 bits per heavy atom. The van der Waals surface area contributed by atoms with Crippen molar-refractivity contribution in [1.82, 2.24) is 14.4 Å². The zero-order valence-corrected chi connectivity index (χ0v) is 13.7. The summed E-state index contributed by atoms with van der Waals surface area (Å²) in [4.78, 5) is 20.2. The van der Waals surface area contributed by atoms with E-state index in [4.69, 9.17) is 0 Å². The fourth-order valence-electron chi connectivity index (χ4n) is 2.20. The Morgan fingerprint density at radius 2 is 2.19 bits per heavy atom. The Labute approximate surface area is 125 Å². The first kappa shape index (κ1) is 14.0. The van der Waals surface area contributed by atoms with Gasteiger partial charge in [-0.25, -0.2) is 9.97 Å². The minimum absolute atomic E-state index is 0.556. The second kappa shape index (κ2) is 5.12. The van der Waals surface area contributed by atoms with Gasteiger partial charge in [-0.1, -0.05) is 25.6 Å². The predicted octanol–water partition coefficient (Wildman–Crippen LogP) is 2.72. The highest BCUT2D eigenvalue weighted by atomic mass is 28.3. The summed E-state index contributed by atoms with van der Waals surface area (Å²) in [6.07, 6.45) is 7.73. The van der Waals surface area contributed by atoms with Crippen LogP contribution in [0.4, 0.5) is 0 Å². The maximum atomic E-state index is 11.1. The van der Waals surface area contributed by atoms with E-state index in [9.17, 15) is 4.79 Å². The van der Waals surface area contributed by atoms with Gasteiger partial charge in [0.25, 0.3) is 0 Å². The van der Waals surface area contributed by atoms with Gasteiger partial charge in [0.1, 0.15) is 19.5 Å². The van der Waals surface area contributed by atoms with Crippen LogP contribution in [0.5, 0.6) is 0 Å². The molecule has 0 radical (unpaired) electrons. The molecule has 0 N–H and O–H groups in total. The second-order valence-electron chi connectivity index (χ2n) is 6.71. The van der Waals surface area contributed by atoms with Gasteiger partial charge in [0.2, 0.25) is 0 Å². The number of carbonyl (C=O) groups excluding carboxylic acids is 1. The van der Waals surface area contributed by atoms with Gasteiger partial charge < -0.3 is 0 Å². The first-order valence-electron chi connectivity index (χ1n) is 7.31. The molecule has 0 aliphatic heterocycles. The van der Waals surface area contributed by atoms with Gasteiger partial charge in [0, 0.05) is 6.20 Å². The lowest BCUT2D eigenvalue weighted by atomic mass is 10.2.